The first-order valence-electron chi connectivity index (χ1n) is 10.7. The highest BCUT2D eigenvalue weighted by atomic mass is 32.2. The number of imidazole rings is 1. The van der Waals surface area contributed by atoms with Crippen molar-refractivity contribution in [3.8, 4) is 11.7 Å². The number of benzene rings is 1. The van der Waals surface area contributed by atoms with Crippen LogP contribution in [0, 0.1) is 5.92 Å². The molecule has 1 amide bonds. The number of rotatable bonds is 9. The van der Waals surface area contributed by atoms with Gasteiger partial charge in [-0.2, -0.15) is 4.98 Å². The maximum Gasteiger partial charge on any atom is 0.409 e. The number of nitrogens with zero attached hydrogens (tertiary/aromatic N) is 5. The molecule has 0 saturated carbocycles. The molecule has 2 aromatic heterocycles. The van der Waals surface area contributed by atoms with Crippen LogP contribution in [0.2, 0.25) is 0 Å². The Labute approximate surface area is 194 Å². The number of hydrogen-bond acceptors (Lipinski definition) is 7. The van der Waals surface area contributed by atoms with Crippen molar-refractivity contribution in [3.05, 3.63) is 36.2 Å². The number of ether oxygens (including phenoxy) is 2. The molecular weight excluding hydrogens is 452 g/mol. The lowest BCUT2D eigenvalue weighted by atomic mass is 10.0. The van der Waals surface area contributed by atoms with Gasteiger partial charge in [-0.25, -0.2) is 23.5 Å². The highest BCUT2D eigenvalue weighted by molar-refractivity contribution is 7.98. The van der Waals surface area contributed by atoms with Gasteiger partial charge in [0.05, 0.1) is 24.2 Å². The Kier molecular flexibility index (Phi) is 7.26. The van der Waals surface area contributed by atoms with Crippen molar-refractivity contribution >= 4 is 28.9 Å². The molecule has 0 spiro atoms. The molecule has 1 saturated heterocycles. The van der Waals surface area contributed by atoms with E-state index in [0.717, 1.165) is 12.8 Å². The highest BCUT2D eigenvalue weighted by Crippen LogP contribution is 2.29. The van der Waals surface area contributed by atoms with Crippen molar-refractivity contribution in [2.75, 3.05) is 32.6 Å². The highest BCUT2D eigenvalue weighted by Gasteiger charge is 2.32. The predicted octanol–water partition coefficient (Wildman–Crippen LogP) is 4.72. The van der Waals surface area contributed by atoms with Crippen molar-refractivity contribution in [2.24, 2.45) is 5.92 Å². The monoisotopic (exact) mass is 477 g/mol. The molecule has 0 bridgehead atoms. The Bertz CT molecular complexity index is 1120. The Morgan fingerprint density at radius 1 is 1.24 bits per heavy atom. The van der Waals surface area contributed by atoms with Crippen LogP contribution in [0.15, 0.2) is 35.5 Å². The quantitative estimate of drug-likeness (QED) is 0.250. The van der Waals surface area contributed by atoms with Crippen LogP contribution >= 0.6 is 11.8 Å². The third-order valence-corrected chi connectivity index (χ3v) is 5.82. The van der Waals surface area contributed by atoms with E-state index in [1.807, 2.05) is 6.92 Å². The van der Waals surface area contributed by atoms with E-state index in [-0.39, 0.29) is 29.5 Å². The molecule has 1 aliphatic heterocycles. The lowest BCUT2D eigenvalue weighted by molar-refractivity contribution is 0.0364. The van der Waals surface area contributed by atoms with Crippen LogP contribution in [-0.4, -0.2) is 63.1 Å². The number of amides is 1. The third kappa shape index (κ3) is 5.18. The van der Waals surface area contributed by atoms with Crippen molar-refractivity contribution in [3.63, 3.8) is 0 Å². The van der Waals surface area contributed by atoms with Crippen LogP contribution in [0.3, 0.4) is 0 Å². The first-order valence-corrected chi connectivity index (χ1v) is 12.0. The second kappa shape index (κ2) is 10.3. The summed E-state index contributed by atoms with van der Waals surface area (Å²) in [5, 5.41) is 0.398. The predicted molar refractivity (Wildman–Crippen MR) is 120 cm³/mol. The van der Waals surface area contributed by atoms with E-state index in [1.54, 1.807) is 35.4 Å². The molecule has 3 heterocycles. The zero-order valence-electron chi connectivity index (χ0n) is 18.4. The molecule has 1 aliphatic rings. The third-order valence-electron chi connectivity index (χ3n) is 5.27. The number of unbranched alkanes of at least 4 members (excludes halogenated alkanes) is 1. The zero-order valence-corrected chi connectivity index (χ0v) is 19.2. The van der Waals surface area contributed by atoms with Crippen LogP contribution in [0.5, 0.6) is 5.88 Å². The van der Waals surface area contributed by atoms with E-state index in [2.05, 4.69) is 15.0 Å². The lowest BCUT2D eigenvalue weighted by Gasteiger charge is -2.37. The summed E-state index contributed by atoms with van der Waals surface area (Å²) >= 11 is 1.29. The first-order chi connectivity index (χ1) is 16.0. The summed E-state index contributed by atoms with van der Waals surface area (Å²) in [5.74, 6) is 0.309. The molecule has 0 unspecified atom stereocenters. The van der Waals surface area contributed by atoms with Gasteiger partial charge >= 0.3 is 6.09 Å². The molecule has 33 heavy (non-hydrogen) atoms. The molecule has 0 atom stereocenters. The maximum atomic E-state index is 13.7. The van der Waals surface area contributed by atoms with Crippen LogP contribution in [-0.2, 0) is 4.74 Å². The Morgan fingerprint density at radius 3 is 2.76 bits per heavy atom. The summed E-state index contributed by atoms with van der Waals surface area (Å²) in [5.41, 5.74) is 0.987. The van der Waals surface area contributed by atoms with Crippen molar-refractivity contribution < 1.29 is 23.0 Å². The van der Waals surface area contributed by atoms with E-state index in [4.69, 9.17) is 9.47 Å². The summed E-state index contributed by atoms with van der Waals surface area (Å²) in [4.78, 5) is 26.4. The minimum absolute atomic E-state index is 0.144. The van der Waals surface area contributed by atoms with E-state index in [0.29, 0.717) is 42.5 Å². The lowest BCUT2D eigenvalue weighted by Crippen LogP contribution is -2.52. The average Bonchev–Trinajstić information content (AvgIpc) is 3.18. The van der Waals surface area contributed by atoms with E-state index in [1.165, 1.54) is 22.4 Å². The number of para-hydroxylation sites is 2. The largest absolute Gasteiger partial charge is 0.477 e. The molecule has 0 radical (unpaired) electrons. The average molecular weight is 478 g/mol. The van der Waals surface area contributed by atoms with Gasteiger partial charge in [0, 0.05) is 25.1 Å². The molecule has 3 aromatic rings. The number of carbonyl (C=O) groups is 1. The van der Waals surface area contributed by atoms with Gasteiger partial charge in [-0.3, -0.25) is 4.57 Å². The van der Waals surface area contributed by atoms with Gasteiger partial charge in [0.2, 0.25) is 5.88 Å². The number of thioether (sulfide) groups is 1. The second-order valence-electron chi connectivity index (χ2n) is 7.70. The minimum Gasteiger partial charge on any atom is -0.477 e. The molecule has 0 N–H and O–H groups in total. The van der Waals surface area contributed by atoms with Crippen LogP contribution in [0.1, 0.15) is 32.0 Å². The SMILES string of the molecule is CCCCOC(=O)N1CC(COc2cc(-n3c(C(F)F)nc4ccccc43)nc(SC)n2)C1. The zero-order chi connectivity index (χ0) is 23.4. The fourth-order valence-electron chi connectivity index (χ4n) is 3.53. The molecule has 4 rings (SSSR count). The standard InChI is InChI=1S/C22H25F2N5O3S/c1-3-4-9-31-22(30)28-11-14(12-28)13-32-18-10-17(26-21(27-18)33-2)29-16-8-6-5-7-15(16)25-20(29)19(23)24/h5-8,10,14,19H,3-4,9,11-13H2,1-2H3. The number of halogens is 2. The summed E-state index contributed by atoms with van der Waals surface area (Å²) < 4.78 is 39.9. The van der Waals surface area contributed by atoms with Crippen LogP contribution in [0.25, 0.3) is 16.9 Å². The van der Waals surface area contributed by atoms with Gasteiger partial charge in [-0.15, -0.1) is 0 Å². The summed E-state index contributed by atoms with van der Waals surface area (Å²) in [6, 6.07) is 8.45. The molecule has 8 nitrogen and oxygen atoms in total. The van der Waals surface area contributed by atoms with E-state index < -0.39 is 6.43 Å². The number of hydrogen-bond donors (Lipinski definition) is 0. The van der Waals surface area contributed by atoms with Crippen molar-refractivity contribution in [1.29, 1.82) is 0 Å². The normalized spacial score (nSPS) is 14.0. The van der Waals surface area contributed by atoms with Gasteiger partial charge in [0.15, 0.2) is 11.0 Å². The molecular formula is C22H25F2N5O3S. The van der Waals surface area contributed by atoms with Crippen molar-refractivity contribution in [1.82, 2.24) is 24.4 Å². The minimum atomic E-state index is -2.77. The van der Waals surface area contributed by atoms with Crippen molar-refractivity contribution in [2.45, 2.75) is 31.3 Å². The summed E-state index contributed by atoms with van der Waals surface area (Å²) in [6.45, 7) is 3.89. The molecule has 11 heteroatoms. The molecule has 176 valence electrons. The maximum absolute atomic E-state index is 13.7. The summed E-state index contributed by atoms with van der Waals surface area (Å²) in [6.07, 6.45) is 0.542. The second-order valence-corrected chi connectivity index (χ2v) is 8.47. The van der Waals surface area contributed by atoms with Gasteiger partial charge in [-0.05, 0) is 24.8 Å². The topological polar surface area (TPSA) is 82.4 Å². The Hall–Kier alpha value is -2.95. The van der Waals surface area contributed by atoms with E-state index in [9.17, 15) is 13.6 Å². The Morgan fingerprint density at radius 2 is 2.03 bits per heavy atom. The van der Waals surface area contributed by atoms with Crippen LogP contribution in [0.4, 0.5) is 13.6 Å². The fourth-order valence-corrected chi connectivity index (χ4v) is 3.89. The van der Waals surface area contributed by atoms with Gasteiger partial charge < -0.3 is 14.4 Å². The molecule has 1 fully saturated rings. The first kappa shape index (κ1) is 23.2. The Balaban J connectivity index is 1.48. The van der Waals surface area contributed by atoms with Crippen LogP contribution < -0.4 is 4.74 Å². The fraction of sp³-hybridized carbons (Fsp3) is 0.455. The number of carbonyl (C=O) groups excluding carboxylic acids is 1. The molecule has 1 aromatic carbocycles. The van der Waals surface area contributed by atoms with E-state index >= 15 is 0 Å². The number of alkyl halides is 2. The smallest absolute Gasteiger partial charge is 0.409 e. The number of likely N-dealkylation sites (tertiary alicyclic amines) is 1. The summed E-state index contributed by atoms with van der Waals surface area (Å²) in [7, 11) is 0. The number of aromatic nitrogens is 4. The van der Waals surface area contributed by atoms with Gasteiger partial charge in [0.25, 0.3) is 6.43 Å². The molecule has 0 aliphatic carbocycles. The van der Waals surface area contributed by atoms with Gasteiger partial charge in [-0.1, -0.05) is 37.2 Å². The van der Waals surface area contributed by atoms with Gasteiger partial charge in [0.1, 0.15) is 5.82 Å². The number of fused-ring (bicyclic) bond motifs is 1.